The van der Waals surface area contributed by atoms with Gasteiger partial charge in [0.05, 0.1) is 19.2 Å². The average Bonchev–Trinajstić information content (AvgIpc) is 2.52. The average molecular weight is 418 g/mol. The molecule has 124 valence electrons. The van der Waals surface area contributed by atoms with Crippen LogP contribution in [0.2, 0.25) is 0 Å². The molecule has 1 aromatic carbocycles. The Morgan fingerprint density at radius 2 is 2.09 bits per heavy atom. The Labute approximate surface area is 150 Å². The third kappa shape index (κ3) is 5.31. The van der Waals surface area contributed by atoms with E-state index in [4.69, 9.17) is 10.5 Å². The van der Waals surface area contributed by atoms with E-state index in [1.807, 2.05) is 18.2 Å². The van der Waals surface area contributed by atoms with Gasteiger partial charge < -0.3 is 20.7 Å². The van der Waals surface area contributed by atoms with Crippen LogP contribution in [0.3, 0.4) is 0 Å². The number of hydrogen-bond acceptors (Lipinski definition) is 3. The smallest absolute Gasteiger partial charge is 0.189 e. The van der Waals surface area contributed by atoms with Crippen molar-refractivity contribution in [2.24, 2.45) is 10.7 Å². The molecule has 0 radical (unpaired) electrons. The van der Waals surface area contributed by atoms with Crippen molar-refractivity contribution in [2.75, 3.05) is 32.8 Å². The monoisotopic (exact) mass is 418 g/mol. The molecule has 0 aromatic heterocycles. The van der Waals surface area contributed by atoms with Gasteiger partial charge in [0, 0.05) is 18.5 Å². The fourth-order valence-corrected chi connectivity index (χ4v) is 2.57. The predicted octanol–water partition coefficient (Wildman–Crippen LogP) is 2.37. The molecule has 0 aliphatic carbocycles. The first-order valence-corrected chi connectivity index (χ1v) is 7.75. The maximum atomic E-state index is 6.01. The highest BCUT2D eigenvalue weighted by atomic mass is 127. The molecule has 0 spiro atoms. The first kappa shape index (κ1) is 19.0. The van der Waals surface area contributed by atoms with Crippen LogP contribution in [0.15, 0.2) is 29.3 Å². The zero-order chi connectivity index (χ0) is 15.1. The quantitative estimate of drug-likeness (QED) is 0.423. The van der Waals surface area contributed by atoms with Gasteiger partial charge in [-0.15, -0.1) is 24.0 Å². The Morgan fingerprint density at radius 3 is 2.82 bits per heavy atom. The molecule has 1 aliphatic rings. The van der Waals surface area contributed by atoms with Crippen LogP contribution in [0.4, 0.5) is 0 Å². The number of halogens is 1. The Bertz CT molecular complexity index is 477. The molecule has 1 aliphatic heterocycles. The number of aliphatic imine (C=N–C) groups is 1. The standard InChI is InChI=1S/C16H26N4O.HI/c1-3-20(4-2)11-10-18-16(17)19-14-9-12-21-15-8-6-5-7-13(14)15;/h5-8,14H,3-4,9-12H2,1-2H3,(H3,17,18,19);1H. The fourth-order valence-electron chi connectivity index (χ4n) is 2.57. The molecule has 3 N–H and O–H groups in total. The van der Waals surface area contributed by atoms with E-state index in [2.05, 4.69) is 35.1 Å². The van der Waals surface area contributed by atoms with E-state index < -0.39 is 0 Å². The third-order valence-corrected chi connectivity index (χ3v) is 3.87. The van der Waals surface area contributed by atoms with Gasteiger partial charge in [0.15, 0.2) is 5.96 Å². The molecule has 2 rings (SSSR count). The largest absolute Gasteiger partial charge is 0.493 e. The van der Waals surface area contributed by atoms with E-state index in [1.165, 1.54) is 0 Å². The molecule has 0 saturated carbocycles. The van der Waals surface area contributed by atoms with Gasteiger partial charge in [-0.1, -0.05) is 32.0 Å². The van der Waals surface area contributed by atoms with Crippen molar-refractivity contribution in [1.82, 2.24) is 10.2 Å². The minimum Gasteiger partial charge on any atom is -0.493 e. The fraction of sp³-hybridized carbons (Fsp3) is 0.562. The number of benzene rings is 1. The van der Waals surface area contributed by atoms with E-state index in [0.717, 1.165) is 43.9 Å². The number of nitrogens with two attached hydrogens (primary N) is 1. The van der Waals surface area contributed by atoms with Gasteiger partial charge in [0.25, 0.3) is 0 Å². The van der Waals surface area contributed by atoms with Crippen LogP contribution in [0.1, 0.15) is 31.9 Å². The highest BCUT2D eigenvalue weighted by molar-refractivity contribution is 14.0. The predicted molar refractivity (Wildman–Crippen MR) is 102 cm³/mol. The summed E-state index contributed by atoms with van der Waals surface area (Å²) in [7, 11) is 0. The Balaban J connectivity index is 0.00000242. The summed E-state index contributed by atoms with van der Waals surface area (Å²) < 4.78 is 5.65. The molecule has 0 bridgehead atoms. The number of ether oxygens (including phenoxy) is 1. The van der Waals surface area contributed by atoms with Crippen molar-refractivity contribution in [1.29, 1.82) is 0 Å². The minimum absolute atomic E-state index is 0. The summed E-state index contributed by atoms with van der Waals surface area (Å²) in [5.74, 6) is 1.46. The molecule has 1 aromatic rings. The maximum absolute atomic E-state index is 6.01. The van der Waals surface area contributed by atoms with Crippen molar-refractivity contribution in [2.45, 2.75) is 26.3 Å². The summed E-state index contributed by atoms with van der Waals surface area (Å²) in [5.41, 5.74) is 7.17. The number of fused-ring (bicyclic) bond motifs is 1. The second kappa shape index (κ2) is 9.89. The van der Waals surface area contributed by atoms with Gasteiger partial charge in [0.1, 0.15) is 5.75 Å². The summed E-state index contributed by atoms with van der Waals surface area (Å²) in [5, 5.41) is 3.31. The van der Waals surface area contributed by atoms with E-state index in [-0.39, 0.29) is 30.0 Å². The highest BCUT2D eigenvalue weighted by Gasteiger charge is 2.21. The SMILES string of the molecule is CCN(CC)CCN=C(N)NC1CCOc2ccccc21.I. The Kier molecular flexibility index (Phi) is 8.55. The lowest BCUT2D eigenvalue weighted by molar-refractivity contribution is 0.262. The zero-order valence-corrected chi connectivity index (χ0v) is 15.7. The summed E-state index contributed by atoms with van der Waals surface area (Å²) in [6.45, 7) is 8.80. The molecule has 6 heteroatoms. The van der Waals surface area contributed by atoms with Crippen LogP contribution in [0, 0.1) is 0 Å². The molecule has 5 nitrogen and oxygen atoms in total. The van der Waals surface area contributed by atoms with E-state index in [0.29, 0.717) is 12.6 Å². The number of para-hydroxylation sites is 1. The number of likely N-dealkylation sites (N-methyl/N-ethyl adjacent to an activating group) is 1. The second-order valence-electron chi connectivity index (χ2n) is 5.17. The molecule has 22 heavy (non-hydrogen) atoms. The van der Waals surface area contributed by atoms with Gasteiger partial charge in [-0.25, -0.2) is 0 Å². The van der Waals surface area contributed by atoms with Gasteiger partial charge >= 0.3 is 0 Å². The molecular weight excluding hydrogens is 391 g/mol. The van der Waals surface area contributed by atoms with Crippen LogP contribution < -0.4 is 15.8 Å². The zero-order valence-electron chi connectivity index (χ0n) is 13.4. The number of nitrogens with zero attached hydrogens (tertiary/aromatic N) is 2. The van der Waals surface area contributed by atoms with E-state index in [1.54, 1.807) is 0 Å². The molecule has 1 unspecified atom stereocenters. The summed E-state index contributed by atoms with van der Waals surface area (Å²) in [6, 6.07) is 8.28. The van der Waals surface area contributed by atoms with Crippen molar-refractivity contribution < 1.29 is 4.74 Å². The molecule has 0 fully saturated rings. The van der Waals surface area contributed by atoms with Gasteiger partial charge in [0.2, 0.25) is 0 Å². The Morgan fingerprint density at radius 1 is 1.36 bits per heavy atom. The number of guanidine groups is 1. The topological polar surface area (TPSA) is 62.9 Å². The van der Waals surface area contributed by atoms with Crippen LogP contribution in [-0.4, -0.2) is 43.6 Å². The van der Waals surface area contributed by atoms with Crippen molar-refractivity contribution in [3.8, 4) is 5.75 Å². The summed E-state index contributed by atoms with van der Waals surface area (Å²) in [6.07, 6.45) is 0.906. The number of hydrogen-bond donors (Lipinski definition) is 2. The van der Waals surface area contributed by atoms with Crippen molar-refractivity contribution in [3.63, 3.8) is 0 Å². The molecule has 0 saturated heterocycles. The van der Waals surface area contributed by atoms with Crippen LogP contribution in [-0.2, 0) is 0 Å². The normalized spacial score (nSPS) is 17.4. The molecule has 1 atom stereocenters. The summed E-state index contributed by atoms with van der Waals surface area (Å²) >= 11 is 0. The minimum atomic E-state index is 0. The third-order valence-electron chi connectivity index (χ3n) is 3.87. The van der Waals surface area contributed by atoms with Crippen LogP contribution in [0.5, 0.6) is 5.75 Å². The first-order chi connectivity index (χ1) is 10.2. The second-order valence-corrected chi connectivity index (χ2v) is 5.17. The van der Waals surface area contributed by atoms with Gasteiger partial charge in [-0.3, -0.25) is 4.99 Å². The van der Waals surface area contributed by atoms with Crippen molar-refractivity contribution >= 4 is 29.9 Å². The lowest BCUT2D eigenvalue weighted by Crippen LogP contribution is -2.38. The molecule has 1 heterocycles. The summed E-state index contributed by atoms with van der Waals surface area (Å²) in [4.78, 5) is 6.76. The lowest BCUT2D eigenvalue weighted by atomic mass is 10.0. The number of nitrogens with one attached hydrogen (secondary N) is 1. The maximum Gasteiger partial charge on any atom is 0.189 e. The van der Waals surface area contributed by atoms with E-state index >= 15 is 0 Å². The molecule has 0 amide bonds. The highest BCUT2D eigenvalue weighted by Crippen LogP contribution is 2.31. The number of rotatable bonds is 6. The van der Waals surface area contributed by atoms with E-state index in [9.17, 15) is 0 Å². The van der Waals surface area contributed by atoms with Crippen LogP contribution >= 0.6 is 24.0 Å². The van der Waals surface area contributed by atoms with Gasteiger partial charge in [-0.05, 0) is 19.2 Å². The molecular formula is C16H27IN4O. The van der Waals surface area contributed by atoms with Crippen molar-refractivity contribution in [3.05, 3.63) is 29.8 Å². The lowest BCUT2D eigenvalue weighted by Gasteiger charge is -2.27. The van der Waals surface area contributed by atoms with Gasteiger partial charge in [-0.2, -0.15) is 0 Å². The Hall–Kier alpha value is -1.02. The van der Waals surface area contributed by atoms with Crippen LogP contribution in [0.25, 0.3) is 0 Å². The first-order valence-electron chi connectivity index (χ1n) is 7.75.